The monoisotopic (exact) mass is 443 g/mol. The maximum Gasteiger partial charge on any atom is 0.393 e. The molecule has 1 N–H and O–H groups in total. The van der Waals surface area contributed by atoms with Crippen LogP contribution in [0.4, 0.5) is 18.9 Å². The zero-order valence-corrected chi connectivity index (χ0v) is 18.0. The normalized spacial score (nSPS) is 29.1. The zero-order valence-electron chi connectivity index (χ0n) is 18.0. The minimum absolute atomic E-state index is 0.0510. The number of hydrogen-bond donors (Lipinski definition) is 1. The number of piperidine rings is 1. The van der Waals surface area contributed by atoms with E-state index < -0.39 is 18.0 Å². The number of nitrogens with zero attached hydrogens (tertiary/aromatic N) is 4. The quantitative estimate of drug-likeness (QED) is 0.782. The van der Waals surface area contributed by atoms with Crippen LogP contribution in [0.1, 0.15) is 24.8 Å². The Bertz CT molecular complexity index is 1020. The van der Waals surface area contributed by atoms with Crippen molar-refractivity contribution in [1.82, 2.24) is 15.2 Å². The average Bonchev–Trinajstić information content (AvgIpc) is 3.38. The molecule has 0 radical (unpaired) electrons. The summed E-state index contributed by atoms with van der Waals surface area (Å²) in [4.78, 5) is 8.43. The number of fused-ring (bicyclic) bond motifs is 1. The van der Waals surface area contributed by atoms with Crippen LogP contribution in [0.5, 0.6) is 0 Å². The zero-order chi connectivity index (χ0) is 22.3. The van der Waals surface area contributed by atoms with Crippen LogP contribution in [0.15, 0.2) is 30.5 Å². The highest BCUT2D eigenvalue weighted by molar-refractivity contribution is 5.95. The number of rotatable bonds is 3. The molecule has 5 nitrogen and oxygen atoms in total. The molecule has 3 aliphatic heterocycles. The Morgan fingerprint density at radius 2 is 2.09 bits per heavy atom. The van der Waals surface area contributed by atoms with Crippen molar-refractivity contribution in [3.8, 4) is 6.07 Å². The summed E-state index contributed by atoms with van der Waals surface area (Å²) in [7, 11) is 0. The average molecular weight is 444 g/mol. The first-order valence-corrected chi connectivity index (χ1v) is 11.4. The summed E-state index contributed by atoms with van der Waals surface area (Å²) in [5, 5.41) is 13.6. The van der Waals surface area contributed by atoms with E-state index >= 15 is 0 Å². The predicted molar refractivity (Wildman–Crippen MR) is 117 cm³/mol. The summed E-state index contributed by atoms with van der Waals surface area (Å²) in [5.41, 5.74) is 1.96. The third kappa shape index (κ3) is 3.93. The van der Waals surface area contributed by atoms with Gasteiger partial charge in [-0.15, -0.1) is 0 Å². The third-order valence-electron chi connectivity index (χ3n) is 7.64. The van der Waals surface area contributed by atoms with Gasteiger partial charge in [-0.1, -0.05) is 0 Å². The van der Waals surface area contributed by atoms with Crippen molar-refractivity contribution in [2.45, 2.75) is 25.4 Å². The van der Waals surface area contributed by atoms with E-state index in [-0.39, 0.29) is 12.0 Å². The molecule has 3 saturated heterocycles. The van der Waals surface area contributed by atoms with E-state index in [0.717, 1.165) is 50.1 Å². The molecule has 3 aliphatic rings. The molecule has 4 heterocycles. The summed E-state index contributed by atoms with van der Waals surface area (Å²) in [5.74, 6) is -1.82. The standard InChI is InChI=1S/C24H28F3N5/c25-24(26,27)20-14-32(21-5-4-17(11-28)22-19(21)3-1-9-30-22)13-18(20)12-31-10-7-23(16-31)6-2-8-29-15-23/h1,3-5,9,18,20,29H,2,6-8,10,12-16H2. The topological polar surface area (TPSA) is 55.2 Å². The fourth-order valence-electron chi connectivity index (χ4n) is 6.04. The van der Waals surface area contributed by atoms with Crippen LogP contribution in [0.2, 0.25) is 0 Å². The van der Waals surface area contributed by atoms with Crippen LogP contribution in [0, 0.1) is 28.6 Å². The first kappa shape index (κ1) is 21.5. The van der Waals surface area contributed by atoms with Gasteiger partial charge in [0.05, 0.1) is 17.0 Å². The predicted octanol–water partition coefficient (Wildman–Crippen LogP) is 3.80. The highest BCUT2D eigenvalue weighted by Gasteiger charge is 2.51. The van der Waals surface area contributed by atoms with Crippen molar-refractivity contribution >= 4 is 16.6 Å². The van der Waals surface area contributed by atoms with Crippen LogP contribution in [-0.4, -0.2) is 61.9 Å². The Balaban J connectivity index is 1.38. The second-order valence-corrected chi connectivity index (χ2v) is 9.72. The van der Waals surface area contributed by atoms with E-state index in [1.54, 1.807) is 24.4 Å². The Morgan fingerprint density at radius 3 is 2.84 bits per heavy atom. The van der Waals surface area contributed by atoms with Crippen molar-refractivity contribution in [2.24, 2.45) is 17.3 Å². The van der Waals surface area contributed by atoms with Crippen LogP contribution in [0.3, 0.4) is 0 Å². The van der Waals surface area contributed by atoms with E-state index in [0.29, 0.717) is 24.2 Å². The van der Waals surface area contributed by atoms with Gasteiger partial charge in [-0.2, -0.15) is 18.4 Å². The van der Waals surface area contributed by atoms with Crippen LogP contribution >= 0.6 is 0 Å². The Kier molecular flexibility index (Phi) is 5.50. The highest BCUT2D eigenvalue weighted by atomic mass is 19.4. The largest absolute Gasteiger partial charge is 0.393 e. The molecule has 0 saturated carbocycles. The molecule has 1 spiro atoms. The lowest BCUT2D eigenvalue weighted by atomic mass is 9.80. The summed E-state index contributed by atoms with van der Waals surface area (Å²) in [6.45, 7) is 4.59. The van der Waals surface area contributed by atoms with Gasteiger partial charge in [0.15, 0.2) is 0 Å². The lowest BCUT2D eigenvalue weighted by Gasteiger charge is -2.34. The SMILES string of the molecule is N#Cc1ccc(N2CC(CN3CCC4(CCCNC4)C3)C(C(F)(F)F)C2)c2cccnc12. The van der Waals surface area contributed by atoms with Crippen molar-refractivity contribution in [2.75, 3.05) is 50.7 Å². The number of hydrogen-bond acceptors (Lipinski definition) is 5. The van der Waals surface area contributed by atoms with Gasteiger partial charge < -0.3 is 15.1 Å². The van der Waals surface area contributed by atoms with Crippen LogP contribution in [-0.2, 0) is 0 Å². The minimum atomic E-state index is -4.23. The molecule has 170 valence electrons. The molecular weight excluding hydrogens is 415 g/mol. The van der Waals surface area contributed by atoms with Crippen molar-refractivity contribution in [3.05, 3.63) is 36.0 Å². The molecule has 5 rings (SSSR count). The lowest BCUT2D eigenvalue weighted by Crippen LogP contribution is -2.43. The summed E-state index contributed by atoms with van der Waals surface area (Å²) < 4.78 is 42.1. The molecule has 1 aromatic heterocycles. The fraction of sp³-hybridized carbons (Fsp3) is 0.583. The van der Waals surface area contributed by atoms with E-state index in [4.69, 9.17) is 0 Å². The van der Waals surface area contributed by atoms with Gasteiger partial charge >= 0.3 is 6.18 Å². The molecule has 0 amide bonds. The second kappa shape index (κ2) is 8.20. The van der Waals surface area contributed by atoms with E-state index in [9.17, 15) is 18.4 Å². The number of nitrogens with one attached hydrogen (secondary N) is 1. The van der Waals surface area contributed by atoms with Gasteiger partial charge in [0.2, 0.25) is 0 Å². The van der Waals surface area contributed by atoms with Crippen molar-refractivity contribution < 1.29 is 13.2 Å². The first-order valence-electron chi connectivity index (χ1n) is 11.4. The third-order valence-corrected chi connectivity index (χ3v) is 7.64. The lowest BCUT2D eigenvalue weighted by molar-refractivity contribution is -0.180. The summed E-state index contributed by atoms with van der Waals surface area (Å²) >= 11 is 0. The minimum Gasteiger partial charge on any atom is -0.370 e. The van der Waals surface area contributed by atoms with Crippen LogP contribution < -0.4 is 10.2 Å². The van der Waals surface area contributed by atoms with Crippen LogP contribution in [0.25, 0.3) is 10.9 Å². The van der Waals surface area contributed by atoms with E-state index in [1.807, 2.05) is 11.0 Å². The number of pyridine rings is 1. The van der Waals surface area contributed by atoms with Gasteiger partial charge in [-0.05, 0) is 62.0 Å². The first-order chi connectivity index (χ1) is 15.4. The Hall–Kier alpha value is -2.37. The Labute approximate surface area is 186 Å². The van der Waals surface area contributed by atoms with Gasteiger partial charge in [0.25, 0.3) is 0 Å². The number of alkyl halides is 3. The Morgan fingerprint density at radius 1 is 1.22 bits per heavy atom. The fourth-order valence-corrected chi connectivity index (χ4v) is 6.04. The van der Waals surface area contributed by atoms with Gasteiger partial charge in [0.1, 0.15) is 6.07 Å². The van der Waals surface area contributed by atoms with Gasteiger partial charge in [0, 0.05) is 55.9 Å². The summed E-state index contributed by atoms with van der Waals surface area (Å²) in [6.07, 6.45) is 0.765. The highest BCUT2D eigenvalue weighted by Crippen LogP contribution is 2.43. The number of halogens is 3. The van der Waals surface area contributed by atoms with Gasteiger partial charge in [-0.3, -0.25) is 4.98 Å². The van der Waals surface area contributed by atoms with Crippen molar-refractivity contribution in [1.29, 1.82) is 5.26 Å². The molecule has 0 bridgehead atoms. The number of likely N-dealkylation sites (tertiary alicyclic amines) is 1. The molecule has 0 aliphatic carbocycles. The molecular formula is C24H28F3N5. The maximum atomic E-state index is 14.0. The molecule has 3 atom stereocenters. The molecule has 8 heteroatoms. The summed E-state index contributed by atoms with van der Waals surface area (Å²) in [6, 6.07) is 9.19. The number of nitriles is 1. The number of benzene rings is 1. The molecule has 32 heavy (non-hydrogen) atoms. The molecule has 2 aromatic rings. The molecule has 3 unspecified atom stereocenters. The molecule has 1 aromatic carbocycles. The number of anilines is 1. The van der Waals surface area contributed by atoms with Crippen molar-refractivity contribution in [3.63, 3.8) is 0 Å². The van der Waals surface area contributed by atoms with Gasteiger partial charge in [-0.25, -0.2) is 0 Å². The van der Waals surface area contributed by atoms with E-state index in [1.165, 1.54) is 6.42 Å². The second-order valence-electron chi connectivity index (χ2n) is 9.72. The molecule has 3 fully saturated rings. The number of aromatic nitrogens is 1. The van der Waals surface area contributed by atoms with E-state index in [2.05, 4.69) is 21.3 Å². The maximum absolute atomic E-state index is 14.0. The smallest absolute Gasteiger partial charge is 0.370 e.